The Morgan fingerprint density at radius 3 is 2.62 bits per heavy atom. The molecule has 2 aromatic carbocycles. The number of hydrogen-bond acceptors (Lipinski definition) is 3. The predicted octanol–water partition coefficient (Wildman–Crippen LogP) is 3.97. The Labute approximate surface area is 127 Å². The summed E-state index contributed by atoms with van der Waals surface area (Å²) < 4.78 is 11.0. The van der Waals surface area contributed by atoms with Gasteiger partial charge in [-0.25, -0.2) is 0 Å². The van der Waals surface area contributed by atoms with Crippen LogP contribution in [0.1, 0.15) is 11.3 Å². The van der Waals surface area contributed by atoms with Crippen LogP contribution in [0, 0.1) is 0 Å². The highest BCUT2D eigenvalue weighted by Crippen LogP contribution is 2.34. The van der Waals surface area contributed by atoms with Crippen molar-refractivity contribution in [3.05, 3.63) is 70.9 Å². The van der Waals surface area contributed by atoms with E-state index in [1.165, 1.54) is 0 Å². The number of aliphatic hydroxyl groups is 1. The van der Waals surface area contributed by atoms with Crippen molar-refractivity contribution in [1.82, 2.24) is 0 Å². The van der Waals surface area contributed by atoms with Gasteiger partial charge in [0.05, 0.1) is 6.61 Å². The van der Waals surface area contributed by atoms with E-state index in [1.807, 2.05) is 36.4 Å². The van der Waals surface area contributed by atoms with E-state index in [1.54, 1.807) is 25.3 Å². The van der Waals surface area contributed by atoms with Crippen LogP contribution in [0.5, 0.6) is 0 Å². The van der Waals surface area contributed by atoms with E-state index in [2.05, 4.69) is 0 Å². The second-order valence-electron chi connectivity index (χ2n) is 4.95. The van der Waals surface area contributed by atoms with Crippen molar-refractivity contribution in [3.63, 3.8) is 0 Å². The average molecular weight is 303 g/mol. The average Bonchev–Trinajstić information content (AvgIpc) is 2.92. The smallest absolute Gasteiger partial charge is 0.170 e. The molecule has 0 aliphatic rings. The third-order valence-corrected chi connectivity index (χ3v) is 3.73. The van der Waals surface area contributed by atoms with Gasteiger partial charge in [0.2, 0.25) is 0 Å². The Morgan fingerprint density at radius 2 is 1.90 bits per heavy atom. The van der Waals surface area contributed by atoms with Crippen molar-refractivity contribution >= 4 is 22.6 Å². The van der Waals surface area contributed by atoms with E-state index >= 15 is 0 Å². The van der Waals surface area contributed by atoms with Gasteiger partial charge in [0, 0.05) is 17.5 Å². The molecule has 21 heavy (non-hydrogen) atoms. The van der Waals surface area contributed by atoms with E-state index < -0.39 is 5.60 Å². The van der Waals surface area contributed by atoms with E-state index in [9.17, 15) is 5.11 Å². The summed E-state index contributed by atoms with van der Waals surface area (Å²) in [4.78, 5) is 0. The molecule has 0 bridgehead atoms. The van der Waals surface area contributed by atoms with E-state index in [0.29, 0.717) is 16.4 Å². The summed E-state index contributed by atoms with van der Waals surface area (Å²) in [5.74, 6) is 0.438. The Kier molecular flexibility index (Phi) is 3.72. The molecule has 0 fully saturated rings. The SMILES string of the molecule is COCC(O)(c1ccccc1)c1cc2cc(Cl)ccc2o1. The monoisotopic (exact) mass is 302 g/mol. The van der Waals surface area contributed by atoms with Gasteiger partial charge in [0.1, 0.15) is 11.3 Å². The van der Waals surface area contributed by atoms with Crippen molar-refractivity contribution in [3.8, 4) is 0 Å². The minimum Gasteiger partial charge on any atom is -0.458 e. The number of benzene rings is 2. The van der Waals surface area contributed by atoms with Crippen LogP contribution in [0.15, 0.2) is 59.0 Å². The first kappa shape index (κ1) is 14.1. The van der Waals surface area contributed by atoms with Gasteiger partial charge < -0.3 is 14.3 Å². The topological polar surface area (TPSA) is 42.6 Å². The maximum atomic E-state index is 11.1. The van der Waals surface area contributed by atoms with Crippen LogP contribution in [0.3, 0.4) is 0 Å². The van der Waals surface area contributed by atoms with Gasteiger partial charge >= 0.3 is 0 Å². The molecule has 1 N–H and O–H groups in total. The van der Waals surface area contributed by atoms with E-state index in [0.717, 1.165) is 10.9 Å². The molecule has 0 saturated heterocycles. The summed E-state index contributed by atoms with van der Waals surface area (Å²) in [5.41, 5.74) is 0.0680. The number of rotatable bonds is 4. The zero-order chi connectivity index (χ0) is 14.9. The largest absolute Gasteiger partial charge is 0.458 e. The van der Waals surface area contributed by atoms with E-state index in [4.69, 9.17) is 20.8 Å². The number of furan rings is 1. The molecule has 108 valence electrons. The first-order valence-corrected chi connectivity index (χ1v) is 6.98. The minimum absolute atomic E-state index is 0.102. The van der Waals surface area contributed by atoms with Crippen LogP contribution in [-0.4, -0.2) is 18.8 Å². The Balaban J connectivity index is 2.15. The molecule has 0 amide bonds. The molecular formula is C17H15ClO3. The highest BCUT2D eigenvalue weighted by Gasteiger charge is 2.35. The quantitative estimate of drug-likeness (QED) is 0.793. The Morgan fingerprint density at radius 1 is 1.14 bits per heavy atom. The van der Waals surface area contributed by atoms with Gasteiger partial charge in [-0.3, -0.25) is 0 Å². The second-order valence-corrected chi connectivity index (χ2v) is 5.39. The molecule has 1 atom stereocenters. The number of methoxy groups -OCH3 is 1. The van der Waals surface area contributed by atoms with Crippen LogP contribution in [-0.2, 0) is 10.3 Å². The molecule has 0 spiro atoms. The summed E-state index contributed by atoms with van der Waals surface area (Å²) in [6, 6.07) is 16.5. The number of halogens is 1. The number of ether oxygens (including phenoxy) is 1. The lowest BCUT2D eigenvalue weighted by molar-refractivity contribution is -0.0174. The van der Waals surface area contributed by atoms with Crippen molar-refractivity contribution in [2.24, 2.45) is 0 Å². The van der Waals surface area contributed by atoms with Gasteiger partial charge in [-0.2, -0.15) is 0 Å². The highest BCUT2D eigenvalue weighted by molar-refractivity contribution is 6.31. The summed E-state index contributed by atoms with van der Waals surface area (Å²) >= 11 is 5.99. The second kappa shape index (κ2) is 5.53. The molecule has 3 nitrogen and oxygen atoms in total. The maximum Gasteiger partial charge on any atom is 0.170 e. The highest BCUT2D eigenvalue weighted by atomic mass is 35.5. The van der Waals surface area contributed by atoms with Crippen LogP contribution >= 0.6 is 11.6 Å². The van der Waals surface area contributed by atoms with E-state index in [-0.39, 0.29) is 6.61 Å². The lowest BCUT2D eigenvalue weighted by Gasteiger charge is -2.25. The normalized spacial score (nSPS) is 14.2. The molecule has 1 heterocycles. The molecule has 1 unspecified atom stereocenters. The molecule has 0 radical (unpaired) electrons. The summed E-state index contributed by atoms with van der Waals surface area (Å²) in [5, 5.41) is 12.6. The van der Waals surface area contributed by atoms with Gasteiger partial charge in [-0.05, 0) is 29.8 Å². The van der Waals surface area contributed by atoms with Crippen LogP contribution in [0.25, 0.3) is 11.0 Å². The van der Waals surface area contributed by atoms with Gasteiger partial charge in [-0.1, -0.05) is 41.9 Å². The number of hydrogen-bond donors (Lipinski definition) is 1. The van der Waals surface area contributed by atoms with Gasteiger partial charge in [-0.15, -0.1) is 0 Å². The van der Waals surface area contributed by atoms with Crippen LogP contribution in [0.4, 0.5) is 0 Å². The fraction of sp³-hybridized carbons (Fsp3) is 0.176. The lowest BCUT2D eigenvalue weighted by atomic mass is 9.92. The molecular weight excluding hydrogens is 288 g/mol. The minimum atomic E-state index is -1.33. The molecule has 3 aromatic rings. The molecule has 1 aromatic heterocycles. The molecule has 0 saturated carbocycles. The maximum absolute atomic E-state index is 11.1. The van der Waals surface area contributed by atoms with Crippen LogP contribution < -0.4 is 0 Å². The zero-order valence-corrected chi connectivity index (χ0v) is 12.3. The molecule has 3 rings (SSSR count). The third kappa shape index (κ3) is 2.56. The third-order valence-electron chi connectivity index (χ3n) is 3.49. The Hall–Kier alpha value is -1.81. The van der Waals surface area contributed by atoms with Crippen molar-refractivity contribution in [2.75, 3.05) is 13.7 Å². The first-order valence-electron chi connectivity index (χ1n) is 6.60. The molecule has 4 heteroatoms. The first-order chi connectivity index (χ1) is 10.1. The standard InChI is InChI=1S/C17H15ClO3/c1-20-11-17(19,13-5-3-2-4-6-13)16-10-12-9-14(18)7-8-15(12)21-16/h2-10,19H,11H2,1H3. The summed E-state index contributed by atoms with van der Waals surface area (Å²) in [6.07, 6.45) is 0. The molecule has 0 aliphatic heterocycles. The predicted molar refractivity (Wildman–Crippen MR) is 82.5 cm³/mol. The Bertz CT molecular complexity index is 751. The summed E-state index contributed by atoms with van der Waals surface area (Å²) in [6.45, 7) is 0.102. The lowest BCUT2D eigenvalue weighted by Crippen LogP contribution is -2.32. The fourth-order valence-electron chi connectivity index (χ4n) is 2.44. The summed E-state index contributed by atoms with van der Waals surface area (Å²) in [7, 11) is 1.55. The fourth-order valence-corrected chi connectivity index (χ4v) is 2.62. The van der Waals surface area contributed by atoms with Crippen molar-refractivity contribution in [1.29, 1.82) is 0 Å². The van der Waals surface area contributed by atoms with Crippen molar-refractivity contribution in [2.45, 2.75) is 5.60 Å². The van der Waals surface area contributed by atoms with Crippen molar-refractivity contribution < 1.29 is 14.3 Å². The van der Waals surface area contributed by atoms with Gasteiger partial charge in [0.15, 0.2) is 5.60 Å². The molecule has 0 aliphatic carbocycles. The number of fused-ring (bicyclic) bond motifs is 1. The van der Waals surface area contributed by atoms with Crippen LogP contribution in [0.2, 0.25) is 5.02 Å². The van der Waals surface area contributed by atoms with Gasteiger partial charge in [0.25, 0.3) is 0 Å². The zero-order valence-electron chi connectivity index (χ0n) is 11.5.